The molecule has 1 unspecified atom stereocenters. The van der Waals surface area contributed by atoms with E-state index in [0.717, 1.165) is 24.8 Å². The van der Waals surface area contributed by atoms with Crippen molar-refractivity contribution in [2.45, 2.75) is 51.1 Å². The van der Waals surface area contributed by atoms with Crippen molar-refractivity contribution in [3.05, 3.63) is 29.8 Å². The van der Waals surface area contributed by atoms with E-state index in [0.29, 0.717) is 6.04 Å². The molecule has 118 valence electrons. The fraction of sp³-hybridized carbons (Fsp3) is 0.667. The molecule has 0 aliphatic heterocycles. The molecular formula is C18H30N2O. The van der Waals surface area contributed by atoms with Gasteiger partial charge in [-0.15, -0.1) is 0 Å². The Morgan fingerprint density at radius 3 is 2.43 bits per heavy atom. The molecule has 2 N–H and O–H groups in total. The Hall–Kier alpha value is -1.06. The summed E-state index contributed by atoms with van der Waals surface area (Å²) in [5.41, 5.74) is 7.35. The van der Waals surface area contributed by atoms with E-state index < -0.39 is 0 Å². The third kappa shape index (κ3) is 5.01. The molecule has 21 heavy (non-hydrogen) atoms. The van der Waals surface area contributed by atoms with E-state index >= 15 is 0 Å². The summed E-state index contributed by atoms with van der Waals surface area (Å²) in [6, 6.07) is 8.84. The molecule has 1 aromatic carbocycles. The Balaban J connectivity index is 1.87. The molecule has 0 bridgehead atoms. The molecule has 0 spiro atoms. The van der Waals surface area contributed by atoms with E-state index in [1.807, 2.05) is 12.1 Å². The summed E-state index contributed by atoms with van der Waals surface area (Å²) < 4.78 is 5.21. The van der Waals surface area contributed by atoms with Gasteiger partial charge in [0.2, 0.25) is 0 Å². The minimum Gasteiger partial charge on any atom is -0.497 e. The number of nitrogens with two attached hydrogens (primary N) is 1. The number of rotatable bonds is 7. The fourth-order valence-corrected chi connectivity index (χ4v) is 3.41. The summed E-state index contributed by atoms with van der Waals surface area (Å²) in [6.45, 7) is 1.71. The van der Waals surface area contributed by atoms with Gasteiger partial charge >= 0.3 is 0 Å². The van der Waals surface area contributed by atoms with Gasteiger partial charge in [-0.05, 0) is 37.1 Å². The molecule has 0 heterocycles. The maximum absolute atomic E-state index is 6.03. The van der Waals surface area contributed by atoms with Crippen molar-refractivity contribution in [2.75, 3.05) is 20.7 Å². The molecule has 0 saturated heterocycles. The topological polar surface area (TPSA) is 38.5 Å². The summed E-state index contributed by atoms with van der Waals surface area (Å²) in [7, 11) is 3.90. The summed E-state index contributed by atoms with van der Waals surface area (Å²) in [6.07, 6.45) is 8.28. The van der Waals surface area contributed by atoms with Crippen LogP contribution < -0.4 is 10.5 Å². The lowest BCUT2D eigenvalue weighted by molar-refractivity contribution is 0.185. The molecule has 1 fully saturated rings. The van der Waals surface area contributed by atoms with Gasteiger partial charge in [-0.1, -0.05) is 44.2 Å². The summed E-state index contributed by atoms with van der Waals surface area (Å²) >= 11 is 0. The predicted octanol–water partition coefficient (Wildman–Crippen LogP) is 3.42. The molecule has 0 aromatic heterocycles. The van der Waals surface area contributed by atoms with Crippen molar-refractivity contribution in [3.63, 3.8) is 0 Å². The van der Waals surface area contributed by atoms with E-state index in [-0.39, 0.29) is 0 Å². The highest BCUT2D eigenvalue weighted by Gasteiger charge is 2.21. The van der Waals surface area contributed by atoms with Gasteiger partial charge in [-0.25, -0.2) is 0 Å². The minimum absolute atomic E-state index is 0.496. The second kappa shape index (κ2) is 8.40. The van der Waals surface area contributed by atoms with Crippen molar-refractivity contribution in [1.29, 1.82) is 0 Å². The minimum atomic E-state index is 0.496. The average molecular weight is 290 g/mol. The lowest BCUT2D eigenvalue weighted by Crippen LogP contribution is -2.39. The first-order valence-electron chi connectivity index (χ1n) is 8.26. The molecule has 0 amide bonds. The Morgan fingerprint density at radius 2 is 1.86 bits per heavy atom. The van der Waals surface area contributed by atoms with Crippen LogP contribution in [-0.4, -0.2) is 31.6 Å². The highest BCUT2D eigenvalue weighted by Crippen LogP contribution is 2.28. The van der Waals surface area contributed by atoms with Gasteiger partial charge in [-0.3, -0.25) is 4.90 Å². The van der Waals surface area contributed by atoms with Crippen LogP contribution in [-0.2, 0) is 6.54 Å². The number of hydrogen-bond acceptors (Lipinski definition) is 3. The largest absolute Gasteiger partial charge is 0.497 e. The second-order valence-electron chi connectivity index (χ2n) is 6.39. The summed E-state index contributed by atoms with van der Waals surface area (Å²) in [4.78, 5) is 2.41. The van der Waals surface area contributed by atoms with Gasteiger partial charge in [-0.2, -0.15) is 0 Å². The first-order chi connectivity index (χ1) is 10.2. The Bertz CT molecular complexity index is 398. The number of methoxy groups -OCH3 is 1. The smallest absolute Gasteiger partial charge is 0.118 e. The monoisotopic (exact) mass is 290 g/mol. The molecule has 1 saturated carbocycles. The maximum atomic E-state index is 6.03. The highest BCUT2D eigenvalue weighted by atomic mass is 16.5. The molecular weight excluding hydrogens is 260 g/mol. The van der Waals surface area contributed by atoms with Gasteiger partial charge in [0, 0.05) is 19.1 Å². The number of ether oxygens (including phenoxy) is 1. The average Bonchev–Trinajstić information content (AvgIpc) is 2.54. The molecule has 3 heteroatoms. The van der Waals surface area contributed by atoms with Crippen molar-refractivity contribution < 1.29 is 4.74 Å². The highest BCUT2D eigenvalue weighted by molar-refractivity contribution is 5.27. The predicted molar refractivity (Wildman–Crippen MR) is 88.5 cm³/mol. The second-order valence-corrected chi connectivity index (χ2v) is 6.39. The maximum Gasteiger partial charge on any atom is 0.118 e. The molecule has 1 atom stereocenters. The lowest BCUT2D eigenvalue weighted by atomic mass is 9.84. The molecule has 1 aromatic rings. The van der Waals surface area contributed by atoms with Gasteiger partial charge in [0.15, 0.2) is 0 Å². The first kappa shape index (κ1) is 16.3. The summed E-state index contributed by atoms with van der Waals surface area (Å²) in [5, 5.41) is 0. The van der Waals surface area contributed by atoms with Crippen molar-refractivity contribution >= 4 is 0 Å². The number of benzene rings is 1. The zero-order valence-corrected chi connectivity index (χ0v) is 13.6. The fourth-order valence-electron chi connectivity index (χ4n) is 3.41. The molecule has 2 rings (SSSR count). The van der Waals surface area contributed by atoms with Crippen LogP contribution in [0.4, 0.5) is 0 Å². The SMILES string of the molecule is COc1ccc(CN(C)C(CN)CC2CCCCC2)cc1. The van der Waals surface area contributed by atoms with Crippen LogP contribution in [0.5, 0.6) is 5.75 Å². The number of hydrogen-bond donors (Lipinski definition) is 1. The van der Waals surface area contributed by atoms with E-state index in [2.05, 4.69) is 24.1 Å². The Kier molecular flexibility index (Phi) is 6.52. The summed E-state index contributed by atoms with van der Waals surface area (Å²) in [5.74, 6) is 1.80. The number of nitrogens with zero attached hydrogens (tertiary/aromatic N) is 1. The van der Waals surface area contributed by atoms with Crippen molar-refractivity contribution in [3.8, 4) is 5.75 Å². The van der Waals surface area contributed by atoms with Crippen LogP contribution in [0.15, 0.2) is 24.3 Å². The standard InChI is InChI=1S/C18H30N2O/c1-20(14-16-8-10-18(21-2)11-9-16)17(13-19)12-15-6-4-3-5-7-15/h8-11,15,17H,3-7,12-14,19H2,1-2H3. The van der Waals surface area contributed by atoms with Crippen LogP contribution in [0.3, 0.4) is 0 Å². The van der Waals surface area contributed by atoms with Gasteiger partial charge in [0.05, 0.1) is 7.11 Å². The number of likely N-dealkylation sites (N-methyl/N-ethyl adjacent to an activating group) is 1. The Morgan fingerprint density at radius 1 is 1.19 bits per heavy atom. The van der Waals surface area contributed by atoms with Gasteiger partial charge in [0.25, 0.3) is 0 Å². The van der Waals surface area contributed by atoms with Gasteiger partial charge < -0.3 is 10.5 Å². The van der Waals surface area contributed by atoms with Crippen molar-refractivity contribution in [1.82, 2.24) is 4.90 Å². The first-order valence-corrected chi connectivity index (χ1v) is 8.26. The van der Waals surface area contributed by atoms with E-state index in [1.54, 1.807) is 7.11 Å². The zero-order valence-electron chi connectivity index (χ0n) is 13.6. The third-order valence-electron chi connectivity index (χ3n) is 4.82. The van der Waals surface area contributed by atoms with E-state index in [1.165, 1.54) is 44.1 Å². The van der Waals surface area contributed by atoms with E-state index in [4.69, 9.17) is 10.5 Å². The van der Waals surface area contributed by atoms with Crippen LogP contribution in [0.2, 0.25) is 0 Å². The quantitative estimate of drug-likeness (QED) is 0.836. The zero-order chi connectivity index (χ0) is 15.1. The Labute approximate surface area is 129 Å². The van der Waals surface area contributed by atoms with Crippen LogP contribution >= 0.6 is 0 Å². The molecule has 1 aliphatic carbocycles. The van der Waals surface area contributed by atoms with E-state index in [9.17, 15) is 0 Å². The third-order valence-corrected chi connectivity index (χ3v) is 4.82. The lowest BCUT2D eigenvalue weighted by Gasteiger charge is -2.32. The van der Waals surface area contributed by atoms with Crippen LogP contribution in [0.1, 0.15) is 44.1 Å². The molecule has 0 radical (unpaired) electrons. The van der Waals surface area contributed by atoms with Gasteiger partial charge in [0.1, 0.15) is 5.75 Å². The molecule has 1 aliphatic rings. The molecule has 3 nitrogen and oxygen atoms in total. The normalized spacial score (nSPS) is 17.9. The van der Waals surface area contributed by atoms with Crippen LogP contribution in [0.25, 0.3) is 0 Å². The van der Waals surface area contributed by atoms with Crippen LogP contribution in [0, 0.1) is 5.92 Å². The van der Waals surface area contributed by atoms with Crippen molar-refractivity contribution in [2.24, 2.45) is 11.7 Å².